The summed E-state index contributed by atoms with van der Waals surface area (Å²) in [6.07, 6.45) is 4.62. The topological polar surface area (TPSA) is 59.9 Å². The van der Waals surface area contributed by atoms with Crippen molar-refractivity contribution >= 4 is 16.7 Å². The highest BCUT2D eigenvalue weighted by atomic mass is 16.5. The van der Waals surface area contributed by atoms with Gasteiger partial charge in [-0.1, -0.05) is 19.1 Å². The largest absolute Gasteiger partial charge is 0.379 e. The zero-order valence-corrected chi connectivity index (χ0v) is 13.6. The van der Waals surface area contributed by atoms with Gasteiger partial charge in [-0.15, -0.1) is 0 Å². The number of hydrogen-bond acceptors (Lipinski definition) is 5. The molecule has 0 radical (unpaired) electrons. The lowest BCUT2D eigenvalue weighted by molar-refractivity contribution is 0.184. The summed E-state index contributed by atoms with van der Waals surface area (Å²) >= 11 is 0. The quantitative estimate of drug-likeness (QED) is 0.797. The maximum Gasteiger partial charge on any atom is 0.162 e. The van der Waals surface area contributed by atoms with Crippen LogP contribution in [-0.4, -0.2) is 34.2 Å². The number of benzene rings is 1. The molecule has 1 N–H and O–H groups in total. The van der Waals surface area contributed by atoms with Gasteiger partial charge in [0.2, 0.25) is 0 Å². The Labute approximate surface area is 141 Å². The summed E-state index contributed by atoms with van der Waals surface area (Å²) in [5.41, 5.74) is 1.90. The number of hydrogen-bond donors (Lipinski definition) is 1. The fourth-order valence-corrected chi connectivity index (χ4v) is 3.15. The van der Waals surface area contributed by atoms with Crippen LogP contribution in [0.5, 0.6) is 0 Å². The maximum atomic E-state index is 5.65. The normalized spacial score (nSPS) is 20.4. The van der Waals surface area contributed by atoms with Gasteiger partial charge >= 0.3 is 0 Å². The monoisotopic (exact) mass is 320 g/mol. The van der Waals surface area contributed by atoms with Gasteiger partial charge in [0.25, 0.3) is 0 Å². The molecular formula is C19H20N4O. The molecule has 2 atom stereocenters. The Morgan fingerprint density at radius 3 is 2.75 bits per heavy atom. The van der Waals surface area contributed by atoms with E-state index >= 15 is 0 Å². The Morgan fingerprint density at radius 1 is 1.08 bits per heavy atom. The van der Waals surface area contributed by atoms with Crippen LogP contribution < -0.4 is 5.32 Å². The Kier molecular flexibility index (Phi) is 4.09. The van der Waals surface area contributed by atoms with Crippen LogP contribution in [0.25, 0.3) is 22.3 Å². The van der Waals surface area contributed by atoms with Gasteiger partial charge in [-0.25, -0.2) is 9.97 Å². The SMILES string of the molecule is CCC1COCC1Nc1nc(-c2ccncc2)nc2ccccc12. The number of fused-ring (bicyclic) bond motifs is 1. The number of nitrogens with zero attached hydrogens (tertiary/aromatic N) is 3. The highest BCUT2D eigenvalue weighted by Crippen LogP contribution is 2.27. The van der Waals surface area contributed by atoms with Gasteiger partial charge in [0.1, 0.15) is 5.82 Å². The molecule has 0 bridgehead atoms. The molecule has 1 saturated heterocycles. The molecule has 0 saturated carbocycles. The van der Waals surface area contributed by atoms with E-state index in [4.69, 9.17) is 14.7 Å². The van der Waals surface area contributed by atoms with Crippen molar-refractivity contribution in [3.05, 3.63) is 48.8 Å². The first-order valence-electron chi connectivity index (χ1n) is 8.36. The highest BCUT2D eigenvalue weighted by molar-refractivity contribution is 5.90. The van der Waals surface area contributed by atoms with E-state index in [1.807, 2.05) is 30.3 Å². The molecule has 3 heterocycles. The van der Waals surface area contributed by atoms with Gasteiger partial charge in [0.15, 0.2) is 5.82 Å². The summed E-state index contributed by atoms with van der Waals surface area (Å²) in [7, 11) is 0. The first-order chi connectivity index (χ1) is 11.8. The number of nitrogens with one attached hydrogen (secondary N) is 1. The second-order valence-electron chi connectivity index (χ2n) is 6.11. The molecule has 5 heteroatoms. The van der Waals surface area contributed by atoms with Crippen molar-refractivity contribution < 1.29 is 4.74 Å². The first-order valence-corrected chi connectivity index (χ1v) is 8.36. The fourth-order valence-electron chi connectivity index (χ4n) is 3.15. The molecule has 1 aliphatic heterocycles. The van der Waals surface area contributed by atoms with Crippen LogP contribution in [0.15, 0.2) is 48.8 Å². The third kappa shape index (κ3) is 2.83. The second kappa shape index (κ2) is 6.53. The van der Waals surface area contributed by atoms with E-state index in [1.54, 1.807) is 12.4 Å². The summed E-state index contributed by atoms with van der Waals surface area (Å²) < 4.78 is 5.65. The Balaban J connectivity index is 1.78. The molecule has 24 heavy (non-hydrogen) atoms. The second-order valence-corrected chi connectivity index (χ2v) is 6.11. The van der Waals surface area contributed by atoms with Crippen LogP contribution in [-0.2, 0) is 4.74 Å². The first kappa shape index (κ1) is 15.0. The third-order valence-corrected chi connectivity index (χ3v) is 4.59. The van der Waals surface area contributed by atoms with Gasteiger partial charge in [-0.3, -0.25) is 4.98 Å². The van der Waals surface area contributed by atoms with Gasteiger partial charge in [0.05, 0.1) is 24.8 Å². The number of para-hydroxylation sites is 1. The Hall–Kier alpha value is -2.53. The zero-order valence-electron chi connectivity index (χ0n) is 13.6. The molecule has 1 aromatic carbocycles. The summed E-state index contributed by atoms with van der Waals surface area (Å²) in [5, 5.41) is 4.64. The molecule has 2 unspecified atom stereocenters. The van der Waals surface area contributed by atoms with E-state index in [0.29, 0.717) is 17.8 Å². The van der Waals surface area contributed by atoms with Crippen molar-refractivity contribution in [2.75, 3.05) is 18.5 Å². The Bertz CT molecular complexity index is 837. The lowest BCUT2D eigenvalue weighted by Gasteiger charge is -2.19. The van der Waals surface area contributed by atoms with Crippen molar-refractivity contribution in [2.24, 2.45) is 5.92 Å². The fraction of sp³-hybridized carbons (Fsp3) is 0.316. The van der Waals surface area contributed by atoms with E-state index in [2.05, 4.69) is 23.3 Å². The lowest BCUT2D eigenvalue weighted by atomic mass is 10.0. The summed E-state index contributed by atoms with van der Waals surface area (Å²) in [6.45, 7) is 3.74. The number of anilines is 1. The highest BCUT2D eigenvalue weighted by Gasteiger charge is 2.27. The number of aromatic nitrogens is 3. The minimum absolute atomic E-state index is 0.290. The average molecular weight is 320 g/mol. The minimum atomic E-state index is 0.290. The van der Waals surface area contributed by atoms with Crippen LogP contribution in [0.2, 0.25) is 0 Å². The van der Waals surface area contributed by atoms with Crippen LogP contribution in [0, 0.1) is 5.92 Å². The van der Waals surface area contributed by atoms with Crippen molar-refractivity contribution in [2.45, 2.75) is 19.4 Å². The molecule has 3 aromatic rings. The lowest BCUT2D eigenvalue weighted by Crippen LogP contribution is -2.28. The molecule has 4 rings (SSSR count). The maximum absolute atomic E-state index is 5.65. The van der Waals surface area contributed by atoms with Crippen LogP contribution in [0.4, 0.5) is 5.82 Å². The van der Waals surface area contributed by atoms with E-state index in [1.165, 1.54) is 0 Å². The van der Waals surface area contributed by atoms with Crippen molar-refractivity contribution in [1.82, 2.24) is 15.0 Å². The van der Waals surface area contributed by atoms with Crippen molar-refractivity contribution in [3.63, 3.8) is 0 Å². The van der Waals surface area contributed by atoms with Crippen molar-refractivity contribution in [1.29, 1.82) is 0 Å². The predicted molar refractivity (Wildman–Crippen MR) is 94.8 cm³/mol. The van der Waals surface area contributed by atoms with Gasteiger partial charge in [-0.2, -0.15) is 0 Å². The Morgan fingerprint density at radius 2 is 1.92 bits per heavy atom. The molecule has 0 amide bonds. The van der Waals surface area contributed by atoms with Crippen LogP contribution in [0.1, 0.15) is 13.3 Å². The van der Waals surface area contributed by atoms with Crippen LogP contribution in [0.3, 0.4) is 0 Å². The summed E-state index contributed by atoms with van der Waals surface area (Å²) in [4.78, 5) is 13.6. The van der Waals surface area contributed by atoms with E-state index < -0.39 is 0 Å². The molecular weight excluding hydrogens is 300 g/mol. The third-order valence-electron chi connectivity index (χ3n) is 4.59. The number of rotatable bonds is 4. The van der Waals surface area contributed by atoms with E-state index in [0.717, 1.165) is 41.9 Å². The smallest absolute Gasteiger partial charge is 0.162 e. The molecule has 122 valence electrons. The minimum Gasteiger partial charge on any atom is -0.379 e. The molecule has 0 spiro atoms. The van der Waals surface area contributed by atoms with Gasteiger partial charge in [0, 0.05) is 29.3 Å². The van der Waals surface area contributed by atoms with E-state index in [-0.39, 0.29) is 0 Å². The average Bonchev–Trinajstić information content (AvgIpc) is 3.09. The predicted octanol–water partition coefficient (Wildman–Crippen LogP) is 3.53. The van der Waals surface area contributed by atoms with Crippen molar-refractivity contribution in [3.8, 4) is 11.4 Å². The van der Waals surface area contributed by atoms with Gasteiger partial charge < -0.3 is 10.1 Å². The summed E-state index contributed by atoms with van der Waals surface area (Å²) in [6, 6.07) is 12.3. The molecule has 1 fully saturated rings. The molecule has 1 aliphatic rings. The molecule has 2 aromatic heterocycles. The molecule has 0 aliphatic carbocycles. The standard InChI is InChI=1S/C19H20N4O/c1-2-13-11-24-12-17(13)22-19-15-5-3-4-6-16(15)21-18(23-19)14-7-9-20-10-8-14/h3-10,13,17H,2,11-12H2,1H3,(H,21,22,23). The zero-order chi connectivity index (χ0) is 16.4. The number of pyridine rings is 1. The van der Waals surface area contributed by atoms with E-state index in [9.17, 15) is 0 Å². The van der Waals surface area contributed by atoms with Crippen LogP contribution >= 0.6 is 0 Å². The number of ether oxygens (including phenoxy) is 1. The molecule has 5 nitrogen and oxygen atoms in total. The van der Waals surface area contributed by atoms with Gasteiger partial charge in [-0.05, 0) is 30.7 Å². The summed E-state index contributed by atoms with van der Waals surface area (Å²) in [5.74, 6) is 2.11.